The van der Waals surface area contributed by atoms with E-state index in [-0.39, 0.29) is 5.41 Å². The molecule has 0 unspecified atom stereocenters. The van der Waals surface area contributed by atoms with Gasteiger partial charge in [-0.25, -0.2) is 4.98 Å². The van der Waals surface area contributed by atoms with Crippen molar-refractivity contribution in [1.29, 1.82) is 0 Å². The van der Waals surface area contributed by atoms with E-state index in [2.05, 4.69) is 37.7 Å². The average Bonchev–Trinajstić information content (AvgIpc) is 2.76. The lowest BCUT2D eigenvalue weighted by Gasteiger charge is -2.21. The molecule has 0 saturated heterocycles. The summed E-state index contributed by atoms with van der Waals surface area (Å²) in [7, 11) is 0. The first kappa shape index (κ1) is 15.6. The Morgan fingerprint density at radius 3 is 2.57 bits per heavy atom. The van der Waals surface area contributed by atoms with Crippen molar-refractivity contribution in [3.63, 3.8) is 0 Å². The quantitative estimate of drug-likeness (QED) is 0.853. The average molecular weight is 286 g/mol. The fourth-order valence-corrected chi connectivity index (χ4v) is 2.55. The van der Waals surface area contributed by atoms with E-state index in [1.165, 1.54) is 0 Å². The van der Waals surface area contributed by atoms with Gasteiger partial charge in [0, 0.05) is 5.69 Å². The van der Waals surface area contributed by atoms with E-state index < -0.39 is 0 Å². The minimum atomic E-state index is -0.0905. The Morgan fingerprint density at radius 1 is 1.24 bits per heavy atom. The summed E-state index contributed by atoms with van der Waals surface area (Å²) < 4.78 is 0. The molecule has 21 heavy (non-hydrogen) atoms. The van der Waals surface area contributed by atoms with E-state index in [4.69, 9.17) is 0 Å². The molecule has 0 aliphatic rings. The molecule has 0 saturated carbocycles. The van der Waals surface area contributed by atoms with Gasteiger partial charge >= 0.3 is 0 Å². The second-order valence-corrected chi connectivity index (χ2v) is 6.71. The van der Waals surface area contributed by atoms with Crippen LogP contribution in [0.5, 0.6) is 5.75 Å². The number of aromatic nitrogens is 2. The fraction of sp³-hybridized carbons (Fsp3) is 0.500. The Bertz CT molecular complexity index is 621. The first-order valence-corrected chi connectivity index (χ1v) is 7.73. The molecule has 0 radical (unpaired) electrons. The molecule has 0 aliphatic heterocycles. The molecule has 0 bridgehead atoms. The monoisotopic (exact) mass is 286 g/mol. The van der Waals surface area contributed by atoms with Crippen molar-refractivity contribution in [2.75, 3.05) is 0 Å². The highest BCUT2D eigenvalue weighted by molar-refractivity contribution is 5.67. The first-order valence-electron chi connectivity index (χ1n) is 7.73. The highest BCUT2D eigenvalue weighted by Crippen LogP contribution is 2.37. The van der Waals surface area contributed by atoms with Gasteiger partial charge in [-0.3, -0.25) is 0 Å². The number of benzene rings is 1. The van der Waals surface area contributed by atoms with Crippen molar-refractivity contribution in [3.05, 3.63) is 35.2 Å². The number of rotatable bonds is 4. The number of nitrogens with zero attached hydrogens (tertiary/aromatic N) is 1. The summed E-state index contributed by atoms with van der Waals surface area (Å²) in [6, 6.07) is 5.89. The number of imidazole rings is 1. The van der Waals surface area contributed by atoms with Gasteiger partial charge in [-0.1, -0.05) is 46.2 Å². The minimum absolute atomic E-state index is 0.0905. The standard InChI is InChI=1S/C18H26N2O/c1-6-7-11-15-12(2)19-17(20-15)13-9-8-10-14(16(13)21)18(3,4)5/h8-10,21H,6-7,11H2,1-5H3,(H,19,20). The highest BCUT2D eigenvalue weighted by atomic mass is 16.3. The molecular weight excluding hydrogens is 260 g/mol. The maximum absolute atomic E-state index is 10.6. The Hall–Kier alpha value is -1.77. The lowest BCUT2D eigenvalue weighted by Crippen LogP contribution is -2.11. The van der Waals surface area contributed by atoms with Crippen LogP contribution in [0.1, 0.15) is 57.5 Å². The number of aromatic amines is 1. The van der Waals surface area contributed by atoms with Crippen LogP contribution in [0.2, 0.25) is 0 Å². The number of hydrogen-bond acceptors (Lipinski definition) is 2. The molecule has 0 spiro atoms. The van der Waals surface area contributed by atoms with E-state index in [0.29, 0.717) is 5.75 Å². The number of phenols is 1. The number of unbranched alkanes of at least 4 members (excludes halogenated alkanes) is 1. The fourth-order valence-electron chi connectivity index (χ4n) is 2.55. The van der Waals surface area contributed by atoms with Gasteiger partial charge in [-0.05, 0) is 36.8 Å². The Balaban J connectivity index is 2.43. The van der Waals surface area contributed by atoms with Crippen LogP contribution in [-0.2, 0) is 11.8 Å². The van der Waals surface area contributed by atoms with Gasteiger partial charge in [-0.2, -0.15) is 0 Å². The Morgan fingerprint density at radius 2 is 1.95 bits per heavy atom. The van der Waals surface area contributed by atoms with Crippen LogP contribution < -0.4 is 0 Å². The molecule has 3 nitrogen and oxygen atoms in total. The number of nitrogens with one attached hydrogen (secondary N) is 1. The zero-order valence-corrected chi connectivity index (χ0v) is 13.7. The predicted octanol–water partition coefficient (Wildman–Crippen LogP) is 4.73. The molecule has 2 aromatic rings. The molecule has 0 amide bonds. The zero-order chi connectivity index (χ0) is 15.6. The number of hydrogen-bond donors (Lipinski definition) is 2. The summed E-state index contributed by atoms with van der Waals surface area (Å²) in [5.74, 6) is 1.10. The van der Waals surface area contributed by atoms with Crippen LogP contribution in [0.3, 0.4) is 0 Å². The third-order valence-corrected chi connectivity index (χ3v) is 3.85. The van der Waals surface area contributed by atoms with Gasteiger partial charge in [0.15, 0.2) is 0 Å². The maximum atomic E-state index is 10.6. The summed E-state index contributed by atoms with van der Waals surface area (Å²) in [4.78, 5) is 8.00. The number of aromatic hydroxyl groups is 1. The Kier molecular flexibility index (Phi) is 4.40. The van der Waals surface area contributed by atoms with Crippen molar-refractivity contribution in [1.82, 2.24) is 9.97 Å². The lowest BCUT2D eigenvalue weighted by molar-refractivity contribution is 0.448. The van der Waals surface area contributed by atoms with Crippen LogP contribution in [-0.4, -0.2) is 15.1 Å². The maximum Gasteiger partial charge on any atom is 0.141 e. The molecule has 1 aromatic carbocycles. The van der Waals surface area contributed by atoms with Crippen molar-refractivity contribution < 1.29 is 5.11 Å². The lowest BCUT2D eigenvalue weighted by atomic mass is 9.85. The normalized spacial score (nSPS) is 11.9. The van der Waals surface area contributed by atoms with Gasteiger partial charge in [0.1, 0.15) is 11.6 Å². The van der Waals surface area contributed by atoms with Crippen molar-refractivity contribution >= 4 is 0 Å². The summed E-state index contributed by atoms with van der Waals surface area (Å²) in [5, 5.41) is 10.6. The second-order valence-electron chi connectivity index (χ2n) is 6.71. The van der Waals surface area contributed by atoms with E-state index in [9.17, 15) is 5.11 Å². The Labute approximate surface area is 127 Å². The summed E-state index contributed by atoms with van der Waals surface area (Å²) in [6.45, 7) is 10.5. The molecule has 3 heteroatoms. The highest BCUT2D eigenvalue weighted by Gasteiger charge is 2.21. The molecule has 2 rings (SSSR count). The molecule has 1 heterocycles. The number of phenolic OH excluding ortho intramolecular Hbond substituents is 1. The summed E-state index contributed by atoms with van der Waals surface area (Å²) in [5.41, 5.74) is 3.84. The molecule has 0 atom stereocenters. The minimum Gasteiger partial charge on any atom is -0.507 e. The van der Waals surface area contributed by atoms with Gasteiger partial charge in [0.2, 0.25) is 0 Å². The van der Waals surface area contributed by atoms with Gasteiger partial charge in [0.25, 0.3) is 0 Å². The van der Waals surface area contributed by atoms with Crippen LogP contribution in [0.15, 0.2) is 18.2 Å². The summed E-state index contributed by atoms with van der Waals surface area (Å²) >= 11 is 0. The number of H-pyrrole nitrogens is 1. The van der Waals surface area contributed by atoms with E-state index >= 15 is 0 Å². The van der Waals surface area contributed by atoms with Crippen LogP contribution in [0, 0.1) is 6.92 Å². The van der Waals surface area contributed by atoms with Crippen LogP contribution >= 0.6 is 0 Å². The molecular formula is C18H26N2O. The molecule has 114 valence electrons. The zero-order valence-electron chi connectivity index (χ0n) is 13.7. The van der Waals surface area contributed by atoms with Crippen molar-refractivity contribution in [2.24, 2.45) is 0 Å². The van der Waals surface area contributed by atoms with E-state index in [0.717, 1.165) is 47.6 Å². The molecule has 0 fully saturated rings. The molecule has 1 aromatic heterocycles. The smallest absolute Gasteiger partial charge is 0.141 e. The number of aryl methyl sites for hydroxylation is 2. The van der Waals surface area contributed by atoms with Gasteiger partial charge in [0.05, 0.1) is 11.3 Å². The van der Waals surface area contributed by atoms with Gasteiger partial charge in [-0.15, -0.1) is 0 Å². The largest absolute Gasteiger partial charge is 0.507 e. The summed E-state index contributed by atoms with van der Waals surface area (Å²) in [6.07, 6.45) is 3.28. The third kappa shape index (κ3) is 3.29. The predicted molar refractivity (Wildman–Crippen MR) is 87.7 cm³/mol. The van der Waals surface area contributed by atoms with Crippen LogP contribution in [0.4, 0.5) is 0 Å². The second kappa shape index (κ2) is 5.92. The van der Waals surface area contributed by atoms with Crippen molar-refractivity contribution in [3.8, 4) is 17.1 Å². The van der Waals surface area contributed by atoms with Gasteiger partial charge < -0.3 is 10.1 Å². The van der Waals surface area contributed by atoms with Crippen molar-refractivity contribution in [2.45, 2.75) is 59.3 Å². The SMILES string of the molecule is CCCCc1nc(-c2cccc(C(C)(C)C)c2O)[nH]c1C. The third-order valence-electron chi connectivity index (χ3n) is 3.85. The van der Waals surface area contributed by atoms with E-state index in [1.54, 1.807) is 0 Å². The number of para-hydroxylation sites is 1. The van der Waals surface area contributed by atoms with Crippen LogP contribution in [0.25, 0.3) is 11.4 Å². The first-order chi connectivity index (χ1) is 9.84. The van der Waals surface area contributed by atoms with E-state index in [1.807, 2.05) is 25.1 Å². The topological polar surface area (TPSA) is 48.9 Å². The molecule has 0 aliphatic carbocycles. The molecule has 2 N–H and O–H groups in total.